The zero-order chi connectivity index (χ0) is 37.0. The number of hydrogen-bond donors (Lipinski definition) is 1. The van der Waals surface area contributed by atoms with Gasteiger partial charge >= 0.3 is 0 Å². The van der Waals surface area contributed by atoms with Gasteiger partial charge in [-0.05, 0) is 45.5 Å². The second kappa shape index (κ2) is 18.3. The molecule has 6 aromatic rings. The van der Waals surface area contributed by atoms with E-state index in [2.05, 4.69) is 36.4 Å². The molecule has 0 amide bonds. The summed E-state index contributed by atoms with van der Waals surface area (Å²) in [7, 11) is 1.64. The van der Waals surface area contributed by atoms with E-state index in [4.69, 9.17) is 28.4 Å². The molecule has 1 fully saturated rings. The van der Waals surface area contributed by atoms with Crippen molar-refractivity contribution in [2.45, 2.75) is 56.1 Å². The SMILES string of the molecule is COc1ccc(CO[C@H]2[C@H](OCc3ccccc3)[C@@H](OCc3ccccc3)[C@@H](O)O[C@@H]2COC(c2ccccc2)(c2ccccc2)c2ccccc2)cc1. The van der Waals surface area contributed by atoms with Crippen LogP contribution in [-0.4, -0.2) is 49.5 Å². The van der Waals surface area contributed by atoms with Crippen LogP contribution in [0.5, 0.6) is 5.75 Å². The highest BCUT2D eigenvalue weighted by molar-refractivity contribution is 5.47. The van der Waals surface area contributed by atoms with Gasteiger partial charge in [0.05, 0.1) is 33.5 Å². The third kappa shape index (κ3) is 8.80. The molecule has 1 aliphatic rings. The molecule has 6 aromatic carbocycles. The Hall–Kier alpha value is -5.12. The quantitative estimate of drug-likeness (QED) is 0.101. The van der Waals surface area contributed by atoms with Gasteiger partial charge in [0.15, 0.2) is 6.29 Å². The minimum absolute atomic E-state index is 0.0552. The van der Waals surface area contributed by atoms with E-state index in [0.29, 0.717) is 0 Å². The van der Waals surface area contributed by atoms with Crippen molar-refractivity contribution in [1.29, 1.82) is 0 Å². The first-order chi connectivity index (χ1) is 26.6. The smallest absolute Gasteiger partial charge is 0.184 e. The van der Waals surface area contributed by atoms with Crippen molar-refractivity contribution in [3.05, 3.63) is 209 Å². The van der Waals surface area contributed by atoms with E-state index in [0.717, 1.165) is 39.1 Å². The lowest BCUT2D eigenvalue weighted by Gasteiger charge is -2.45. The van der Waals surface area contributed by atoms with Gasteiger partial charge in [-0.2, -0.15) is 0 Å². The van der Waals surface area contributed by atoms with Crippen molar-refractivity contribution in [3.63, 3.8) is 0 Å². The molecule has 7 nitrogen and oxygen atoms in total. The summed E-state index contributed by atoms with van der Waals surface area (Å²) < 4.78 is 39.1. The summed E-state index contributed by atoms with van der Waals surface area (Å²) in [6.45, 7) is 0.839. The molecular formula is C47H46O7. The number of aliphatic hydroxyl groups is 1. The zero-order valence-electron chi connectivity index (χ0n) is 30.4. The Bertz CT molecular complexity index is 1860. The van der Waals surface area contributed by atoms with Crippen LogP contribution in [0.3, 0.4) is 0 Å². The number of rotatable bonds is 16. The molecule has 276 valence electrons. The van der Waals surface area contributed by atoms with E-state index in [1.165, 1.54) is 0 Å². The van der Waals surface area contributed by atoms with E-state index in [-0.39, 0.29) is 26.4 Å². The molecule has 0 aliphatic carbocycles. The van der Waals surface area contributed by atoms with Gasteiger partial charge < -0.3 is 33.5 Å². The van der Waals surface area contributed by atoms with Gasteiger partial charge in [-0.25, -0.2) is 0 Å². The first kappa shape index (κ1) is 37.2. The molecule has 5 atom stereocenters. The topological polar surface area (TPSA) is 75.6 Å². The number of methoxy groups -OCH3 is 1. The number of aliphatic hydroxyl groups excluding tert-OH is 1. The summed E-state index contributed by atoms with van der Waals surface area (Å²) in [4.78, 5) is 0. The minimum Gasteiger partial charge on any atom is -0.497 e. The number of benzene rings is 6. The maximum absolute atomic E-state index is 11.8. The monoisotopic (exact) mass is 722 g/mol. The molecule has 0 saturated carbocycles. The van der Waals surface area contributed by atoms with Crippen LogP contribution >= 0.6 is 0 Å². The molecular weight excluding hydrogens is 677 g/mol. The molecule has 1 heterocycles. The first-order valence-corrected chi connectivity index (χ1v) is 18.3. The van der Waals surface area contributed by atoms with E-state index in [1.54, 1.807) is 7.11 Å². The van der Waals surface area contributed by atoms with Crippen LogP contribution in [0.2, 0.25) is 0 Å². The zero-order valence-corrected chi connectivity index (χ0v) is 30.4. The van der Waals surface area contributed by atoms with Gasteiger partial charge in [0.2, 0.25) is 0 Å². The average Bonchev–Trinajstić information content (AvgIpc) is 3.24. The van der Waals surface area contributed by atoms with E-state index >= 15 is 0 Å². The number of hydrogen-bond acceptors (Lipinski definition) is 7. The largest absolute Gasteiger partial charge is 0.497 e. The van der Waals surface area contributed by atoms with Crippen LogP contribution in [0.15, 0.2) is 176 Å². The fourth-order valence-electron chi connectivity index (χ4n) is 7.02. The second-order valence-electron chi connectivity index (χ2n) is 13.3. The van der Waals surface area contributed by atoms with Crippen LogP contribution in [-0.2, 0) is 49.1 Å². The Labute approximate surface area is 317 Å². The summed E-state index contributed by atoms with van der Waals surface area (Å²) in [6, 6.07) is 58.1. The first-order valence-electron chi connectivity index (χ1n) is 18.3. The van der Waals surface area contributed by atoms with Crippen molar-refractivity contribution in [3.8, 4) is 5.75 Å². The van der Waals surface area contributed by atoms with Gasteiger partial charge in [-0.15, -0.1) is 0 Å². The van der Waals surface area contributed by atoms with E-state index in [1.807, 2.05) is 140 Å². The Balaban J connectivity index is 1.26. The standard InChI is InChI=1S/C47H46O7/c1-49-41-29-27-37(28-30-41)33-50-43-42(34-53-47(38-21-11-4-12-22-38,39-23-13-5-14-24-39)40-25-15-6-16-26-40)54-46(48)45(52-32-36-19-9-3-10-20-36)44(43)51-31-35-17-7-2-8-18-35/h2-30,42-46,48H,31-34H2,1H3/t42-,43-,44+,45-,46+/m1/s1. The normalized spacial score (nSPS) is 20.0. The highest BCUT2D eigenvalue weighted by atomic mass is 16.7. The van der Waals surface area contributed by atoms with Crippen molar-refractivity contribution in [2.75, 3.05) is 13.7 Å². The minimum atomic E-state index is -1.33. The van der Waals surface area contributed by atoms with E-state index < -0.39 is 36.3 Å². The molecule has 0 bridgehead atoms. The molecule has 7 heteroatoms. The lowest BCUT2D eigenvalue weighted by Crippen LogP contribution is -2.61. The average molecular weight is 723 g/mol. The number of ether oxygens (including phenoxy) is 6. The predicted molar refractivity (Wildman–Crippen MR) is 208 cm³/mol. The van der Waals surface area contributed by atoms with Crippen molar-refractivity contribution in [1.82, 2.24) is 0 Å². The summed E-state index contributed by atoms with van der Waals surface area (Å²) in [6.07, 6.45) is -4.40. The van der Waals surface area contributed by atoms with Crippen LogP contribution in [0.25, 0.3) is 0 Å². The van der Waals surface area contributed by atoms with Gasteiger partial charge in [-0.1, -0.05) is 164 Å². The highest BCUT2D eigenvalue weighted by Gasteiger charge is 2.49. The lowest BCUT2D eigenvalue weighted by atomic mass is 9.80. The molecule has 1 aliphatic heterocycles. The predicted octanol–water partition coefficient (Wildman–Crippen LogP) is 8.48. The molecule has 0 aromatic heterocycles. The van der Waals surface area contributed by atoms with Gasteiger partial charge in [0, 0.05) is 0 Å². The summed E-state index contributed by atoms with van der Waals surface area (Å²) in [5, 5.41) is 11.8. The molecule has 7 rings (SSSR count). The molecule has 1 saturated heterocycles. The Morgan fingerprint density at radius 3 is 1.31 bits per heavy atom. The van der Waals surface area contributed by atoms with Gasteiger partial charge in [0.25, 0.3) is 0 Å². The van der Waals surface area contributed by atoms with Gasteiger partial charge in [-0.3, -0.25) is 0 Å². The van der Waals surface area contributed by atoms with Crippen LogP contribution in [0.4, 0.5) is 0 Å². The Morgan fingerprint density at radius 1 is 0.481 bits per heavy atom. The Kier molecular flexibility index (Phi) is 12.6. The molecule has 1 N–H and O–H groups in total. The molecule has 0 spiro atoms. The summed E-state index contributed by atoms with van der Waals surface area (Å²) >= 11 is 0. The third-order valence-corrected chi connectivity index (χ3v) is 9.79. The molecule has 0 unspecified atom stereocenters. The second-order valence-corrected chi connectivity index (χ2v) is 13.3. The summed E-state index contributed by atoms with van der Waals surface area (Å²) in [5.74, 6) is 0.756. The maximum Gasteiger partial charge on any atom is 0.184 e. The highest BCUT2D eigenvalue weighted by Crippen LogP contribution is 2.41. The molecule has 0 radical (unpaired) electrons. The van der Waals surface area contributed by atoms with Crippen LogP contribution in [0, 0.1) is 0 Å². The maximum atomic E-state index is 11.8. The van der Waals surface area contributed by atoms with Crippen molar-refractivity contribution in [2.24, 2.45) is 0 Å². The fraction of sp³-hybridized carbons (Fsp3) is 0.234. The summed E-state index contributed by atoms with van der Waals surface area (Å²) in [5.41, 5.74) is 4.74. The Morgan fingerprint density at radius 2 is 0.870 bits per heavy atom. The van der Waals surface area contributed by atoms with Crippen molar-refractivity contribution < 1.29 is 33.5 Å². The third-order valence-electron chi connectivity index (χ3n) is 9.79. The van der Waals surface area contributed by atoms with Crippen molar-refractivity contribution >= 4 is 0 Å². The molecule has 54 heavy (non-hydrogen) atoms. The van der Waals surface area contributed by atoms with E-state index in [9.17, 15) is 5.11 Å². The van der Waals surface area contributed by atoms with Crippen LogP contribution in [0.1, 0.15) is 33.4 Å². The van der Waals surface area contributed by atoms with Crippen LogP contribution < -0.4 is 4.74 Å². The lowest BCUT2D eigenvalue weighted by molar-refractivity contribution is -0.319. The fourth-order valence-corrected chi connectivity index (χ4v) is 7.02. The van der Waals surface area contributed by atoms with Gasteiger partial charge in [0.1, 0.15) is 35.8 Å².